The third-order valence-corrected chi connectivity index (χ3v) is 4.24. The Labute approximate surface area is 105 Å². The van der Waals surface area contributed by atoms with Gasteiger partial charge in [-0.05, 0) is 37.5 Å². The summed E-state index contributed by atoms with van der Waals surface area (Å²) in [6.45, 7) is 6.41. The van der Waals surface area contributed by atoms with Crippen LogP contribution in [0.3, 0.4) is 0 Å². The molecular weight excluding hydrogens is 216 g/mol. The van der Waals surface area contributed by atoms with Crippen molar-refractivity contribution in [3.8, 4) is 0 Å². The zero-order chi connectivity index (χ0) is 13.1. The molecule has 0 aromatic rings. The molecule has 1 aliphatic rings. The number of hydrogen-bond acceptors (Lipinski definition) is 3. The van der Waals surface area contributed by atoms with E-state index >= 15 is 0 Å². The lowest BCUT2D eigenvalue weighted by molar-refractivity contribution is -0.157. The number of hydrogen-bond donors (Lipinski definition) is 1. The summed E-state index contributed by atoms with van der Waals surface area (Å²) in [5.41, 5.74) is -0.589. The molecule has 0 bridgehead atoms. The van der Waals surface area contributed by atoms with Crippen LogP contribution in [-0.2, 0) is 9.53 Å². The third-order valence-electron chi connectivity index (χ3n) is 4.24. The van der Waals surface area contributed by atoms with Crippen LogP contribution < -0.4 is 0 Å². The SMILES string of the molecule is CCC(C(=O)OC)C1(O)CCCC(C)(C)CC1. The summed E-state index contributed by atoms with van der Waals surface area (Å²) in [6.07, 6.45) is 5.13. The monoisotopic (exact) mass is 242 g/mol. The van der Waals surface area contributed by atoms with Gasteiger partial charge in [0.1, 0.15) is 0 Å². The molecule has 0 amide bonds. The molecule has 0 radical (unpaired) electrons. The lowest BCUT2D eigenvalue weighted by atomic mass is 9.78. The van der Waals surface area contributed by atoms with Gasteiger partial charge < -0.3 is 9.84 Å². The van der Waals surface area contributed by atoms with E-state index in [1.54, 1.807) is 0 Å². The number of aliphatic hydroxyl groups is 1. The second-order valence-corrected chi connectivity index (χ2v) is 6.11. The van der Waals surface area contributed by atoms with Crippen LogP contribution in [0.2, 0.25) is 0 Å². The molecule has 1 fully saturated rings. The molecule has 17 heavy (non-hydrogen) atoms. The number of carbonyl (C=O) groups is 1. The molecule has 0 saturated heterocycles. The molecule has 3 nitrogen and oxygen atoms in total. The van der Waals surface area contributed by atoms with E-state index in [1.807, 2.05) is 6.92 Å². The van der Waals surface area contributed by atoms with Crippen molar-refractivity contribution in [1.29, 1.82) is 0 Å². The molecule has 100 valence electrons. The molecule has 2 atom stereocenters. The average Bonchev–Trinajstić information content (AvgIpc) is 2.39. The quantitative estimate of drug-likeness (QED) is 0.611. The van der Waals surface area contributed by atoms with Gasteiger partial charge in [0.15, 0.2) is 0 Å². The molecular formula is C14H26O3. The van der Waals surface area contributed by atoms with Crippen molar-refractivity contribution in [2.24, 2.45) is 11.3 Å². The molecule has 0 aromatic heterocycles. The van der Waals surface area contributed by atoms with Gasteiger partial charge in [-0.1, -0.05) is 27.2 Å². The van der Waals surface area contributed by atoms with Crippen LogP contribution in [0.5, 0.6) is 0 Å². The first-order valence-corrected chi connectivity index (χ1v) is 6.65. The van der Waals surface area contributed by atoms with E-state index in [9.17, 15) is 9.90 Å². The maximum atomic E-state index is 11.7. The van der Waals surface area contributed by atoms with Crippen LogP contribution in [0.1, 0.15) is 59.3 Å². The van der Waals surface area contributed by atoms with E-state index in [0.29, 0.717) is 19.3 Å². The second kappa shape index (κ2) is 5.38. The summed E-state index contributed by atoms with van der Waals surface area (Å²) in [5, 5.41) is 10.7. The van der Waals surface area contributed by atoms with Crippen LogP contribution in [-0.4, -0.2) is 23.8 Å². The second-order valence-electron chi connectivity index (χ2n) is 6.11. The Morgan fingerprint density at radius 2 is 1.94 bits per heavy atom. The highest BCUT2D eigenvalue weighted by Crippen LogP contribution is 2.42. The van der Waals surface area contributed by atoms with Gasteiger partial charge >= 0.3 is 5.97 Å². The summed E-state index contributed by atoms with van der Waals surface area (Å²) >= 11 is 0. The van der Waals surface area contributed by atoms with Crippen LogP contribution in [0.25, 0.3) is 0 Å². The van der Waals surface area contributed by atoms with Gasteiger partial charge in [-0.2, -0.15) is 0 Å². The summed E-state index contributed by atoms with van der Waals surface area (Å²) in [7, 11) is 1.40. The predicted octanol–water partition coefficient (Wildman–Crippen LogP) is 2.91. The molecule has 1 N–H and O–H groups in total. The van der Waals surface area contributed by atoms with E-state index in [1.165, 1.54) is 7.11 Å². The van der Waals surface area contributed by atoms with Gasteiger partial charge in [0, 0.05) is 0 Å². The van der Waals surface area contributed by atoms with Crippen LogP contribution in [0.4, 0.5) is 0 Å². The van der Waals surface area contributed by atoms with E-state index in [4.69, 9.17) is 4.74 Å². The van der Waals surface area contributed by atoms with Gasteiger partial charge in [-0.25, -0.2) is 0 Å². The highest BCUT2D eigenvalue weighted by Gasteiger charge is 2.43. The minimum Gasteiger partial charge on any atom is -0.469 e. The predicted molar refractivity (Wildman–Crippen MR) is 67.6 cm³/mol. The smallest absolute Gasteiger partial charge is 0.311 e. The summed E-state index contributed by atoms with van der Waals surface area (Å²) in [4.78, 5) is 11.7. The topological polar surface area (TPSA) is 46.5 Å². The summed E-state index contributed by atoms with van der Waals surface area (Å²) in [6, 6.07) is 0. The minimum atomic E-state index is -0.865. The van der Waals surface area contributed by atoms with E-state index < -0.39 is 5.60 Å². The van der Waals surface area contributed by atoms with Crippen molar-refractivity contribution in [3.63, 3.8) is 0 Å². The molecule has 0 spiro atoms. The van der Waals surface area contributed by atoms with Crippen molar-refractivity contribution in [3.05, 3.63) is 0 Å². The fraction of sp³-hybridized carbons (Fsp3) is 0.929. The first kappa shape index (κ1) is 14.5. The molecule has 0 heterocycles. The number of ether oxygens (including phenoxy) is 1. The van der Waals surface area contributed by atoms with Gasteiger partial charge in [0.05, 0.1) is 18.6 Å². The summed E-state index contributed by atoms with van der Waals surface area (Å²) in [5.74, 6) is -0.642. The molecule has 3 heteroatoms. The van der Waals surface area contributed by atoms with Gasteiger partial charge in [-0.15, -0.1) is 0 Å². The van der Waals surface area contributed by atoms with Crippen LogP contribution in [0, 0.1) is 11.3 Å². The Morgan fingerprint density at radius 3 is 2.47 bits per heavy atom. The fourth-order valence-electron chi connectivity index (χ4n) is 2.93. The standard InChI is InChI=1S/C14H26O3/c1-5-11(12(15)17-4)14(16)8-6-7-13(2,3)9-10-14/h11,16H,5-10H2,1-4H3. The fourth-order valence-corrected chi connectivity index (χ4v) is 2.93. The molecule has 0 aromatic carbocycles. The van der Waals surface area contributed by atoms with E-state index in [2.05, 4.69) is 13.8 Å². The molecule has 0 aliphatic heterocycles. The Balaban J connectivity index is 2.82. The van der Waals surface area contributed by atoms with Crippen molar-refractivity contribution in [2.75, 3.05) is 7.11 Å². The van der Waals surface area contributed by atoms with Crippen molar-refractivity contribution < 1.29 is 14.6 Å². The molecule has 1 aliphatic carbocycles. The van der Waals surface area contributed by atoms with Gasteiger partial charge in [-0.3, -0.25) is 4.79 Å². The highest BCUT2D eigenvalue weighted by atomic mass is 16.5. The average molecular weight is 242 g/mol. The highest BCUT2D eigenvalue weighted by molar-refractivity contribution is 5.73. The number of methoxy groups -OCH3 is 1. The lowest BCUT2D eigenvalue weighted by Crippen LogP contribution is -2.42. The zero-order valence-corrected chi connectivity index (χ0v) is 11.6. The third kappa shape index (κ3) is 3.44. The Morgan fingerprint density at radius 1 is 1.29 bits per heavy atom. The lowest BCUT2D eigenvalue weighted by Gasteiger charge is -2.33. The number of carbonyl (C=O) groups excluding carboxylic acids is 1. The Hall–Kier alpha value is -0.570. The molecule has 1 rings (SSSR count). The first-order chi connectivity index (χ1) is 7.84. The van der Waals surface area contributed by atoms with E-state index in [-0.39, 0.29) is 17.3 Å². The first-order valence-electron chi connectivity index (χ1n) is 6.65. The van der Waals surface area contributed by atoms with Crippen LogP contribution in [0.15, 0.2) is 0 Å². The van der Waals surface area contributed by atoms with Crippen molar-refractivity contribution in [1.82, 2.24) is 0 Å². The Kier molecular flexibility index (Phi) is 4.59. The molecule has 2 unspecified atom stereocenters. The zero-order valence-electron chi connectivity index (χ0n) is 11.6. The maximum absolute atomic E-state index is 11.7. The number of rotatable bonds is 3. The minimum absolute atomic E-state index is 0.269. The van der Waals surface area contributed by atoms with E-state index in [0.717, 1.165) is 19.3 Å². The summed E-state index contributed by atoms with van der Waals surface area (Å²) < 4.78 is 4.82. The maximum Gasteiger partial charge on any atom is 0.311 e. The van der Waals surface area contributed by atoms with Crippen molar-refractivity contribution >= 4 is 5.97 Å². The Bertz CT molecular complexity index is 273. The molecule has 1 saturated carbocycles. The van der Waals surface area contributed by atoms with Gasteiger partial charge in [0.2, 0.25) is 0 Å². The largest absolute Gasteiger partial charge is 0.469 e. The normalized spacial score (nSPS) is 30.4. The number of esters is 1. The van der Waals surface area contributed by atoms with Gasteiger partial charge in [0.25, 0.3) is 0 Å². The van der Waals surface area contributed by atoms with Crippen LogP contribution >= 0.6 is 0 Å². The van der Waals surface area contributed by atoms with Crippen molar-refractivity contribution in [2.45, 2.75) is 64.9 Å².